The molecule has 2 rings (SSSR count). The van der Waals surface area contributed by atoms with Crippen LogP contribution < -0.4 is 15.5 Å². The Labute approximate surface area is 110 Å². The SMILES string of the molecule is COc1ccccc1/C=N\NC(=O)C(=O)NC1CC1. The number of nitrogens with zero attached hydrogens (tertiary/aromatic N) is 1. The number of nitrogens with one attached hydrogen (secondary N) is 2. The number of amides is 2. The maximum absolute atomic E-state index is 11.4. The van der Waals surface area contributed by atoms with Crippen LogP contribution in [0.2, 0.25) is 0 Å². The Kier molecular flexibility index (Phi) is 4.12. The molecule has 0 aliphatic heterocycles. The van der Waals surface area contributed by atoms with Gasteiger partial charge in [-0.15, -0.1) is 0 Å². The highest BCUT2D eigenvalue weighted by molar-refractivity contribution is 6.35. The van der Waals surface area contributed by atoms with Crippen molar-refractivity contribution in [3.05, 3.63) is 29.8 Å². The van der Waals surface area contributed by atoms with Crippen LogP contribution in [0.25, 0.3) is 0 Å². The molecule has 1 fully saturated rings. The van der Waals surface area contributed by atoms with Crippen molar-refractivity contribution in [2.45, 2.75) is 18.9 Å². The fraction of sp³-hybridized carbons (Fsp3) is 0.308. The standard InChI is InChI=1S/C13H15N3O3/c1-19-11-5-3-2-4-9(11)8-14-16-13(18)12(17)15-10-6-7-10/h2-5,8,10H,6-7H2,1H3,(H,15,17)(H,16,18)/b14-8-. The average Bonchev–Trinajstić information content (AvgIpc) is 3.23. The first-order valence-corrected chi connectivity index (χ1v) is 5.97. The Morgan fingerprint density at radius 2 is 2.05 bits per heavy atom. The van der Waals surface area contributed by atoms with E-state index in [1.165, 1.54) is 6.21 Å². The maximum Gasteiger partial charge on any atom is 0.329 e. The fourth-order valence-electron chi connectivity index (χ4n) is 1.46. The van der Waals surface area contributed by atoms with E-state index in [4.69, 9.17) is 4.74 Å². The van der Waals surface area contributed by atoms with Crippen molar-refractivity contribution in [1.82, 2.24) is 10.7 Å². The van der Waals surface area contributed by atoms with Crippen LogP contribution in [0.4, 0.5) is 0 Å². The van der Waals surface area contributed by atoms with Crippen molar-refractivity contribution in [3.8, 4) is 5.75 Å². The molecule has 100 valence electrons. The maximum atomic E-state index is 11.4. The molecule has 0 radical (unpaired) electrons. The average molecular weight is 261 g/mol. The van der Waals surface area contributed by atoms with Gasteiger partial charge in [0.1, 0.15) is 5.75 Å². The third-order valence-electron chi connectivity index (χ3n) is 2.63. The summed E-state index contributed by atoms with van der Waals surface area (Å²) in [6, 6.07) is 7.38. The summed E-state index contributed by atoms with van der Waals surface area (Å²) in [5, 5.41) is 6.31. The van der Waals surface area contributed by atoms with Crippen LogP contribution in [0.15, 0.2) is 29.4 Å². The Hall–Kier alpha value is -2.37. The van der Waals surface area contributed by atoms with E-state index in [2.05, 4.69) is 15.8 Å². The van der Waals surface area contributed by atoms with Gasteiger partial charge in [0.2, 0.25) is 0 Å². The minimum atomic E-state index is -0.766. The molecule has 1 aliphatic rings. The van der Waals surface area contributed by atoms with Gasteiger partial charge >= 0.3 is 11.8 Å². The first-order chi connectivity index (χ1) is 9.20. The molecule has 1 aromatic rings. The number of ether oxygens (including phenoxy) is 1. The molecule has 0 saturated heterocycles. The van der Waals surface area contributed by atoms with Crippen LogP contribution in [0.1, 0.15) is 18.4 Å². The zero-order valence-electron chi connectivity index (χ0n) is 10.6. The molecule has 2 N–H and O–H groups in total. The van der Waals surface area contributed by atoms with Gasteiger partial charge in [0, 0.05) is 11.6 Å². The van der Waals surface area contributed by atoms with Crippen molar-refractivity contribution in [3.63, 3.8) is 0 Å². The molecule has 0 aromatic heterocycles. The van der Waals surface area contributed by atoms with E-state index in [1.54, 1.807) is 19.2 Å². The van der Waals surface area contributed by atoms with Gasteiger partial charge in [-0.1, -0.05) is 12.1 Å². The van der Waals surface area contributed by atoms with E-state index in [0.29, 0.717) is 11.3 Å². The van der Waals surface area contributed by atoms with Crippen molar-refractivity contribution in [2.75, 3.05) is 7.11 Å². The Morgan fingerprint density at radius 1 is 1.32 bits per heavy atom. The van der Waals surface area contributed by atoms with Crippen molar-refractivity contribution in [1.29, 1.82) is 0 Å². The number of methoxy groups -OCH3 is 1. The van der Waals surface area contributed by atoms with Crippen LogP contribution in [0.3, 0.4) is 0 Å². The van der Waals surface area contributed by atoms with Gasteiger partial charge in [0.25, 0.3) is 0 Å². The van der Waals surface area contributed by atoms with Crippen molar-refractivity contribution < 1.29 is 14.3 Å². The molecule has 0 unspecified atom stereocenters. The normalized spacial score (nSPS) is 14.2. The Bertz CT molecular complexity index is 510. The predicted octanol–water partition coefficient (Wildman–Crippen LogP) is 0.424. The quantitative estimate of drug-likeness (QED) is 0.468. The molecule has 0 spiro atoms. The Morgan fingerprint density at radius 3 is 2.74 bits per heavy atom. The Balaban J connectivity index is 1.88. The predicted molar refractivity (Wildman–Crippen MR) is 69.9 cm³/mol. The molecular weight excluding hydrogens is 246 g/mol. The van der Waals surface area contributed by atoms with Crippen LogP contribution in [-0.2, 0) is 9.59 Å². The highest BCUT2D eigenvalue weighted by atomic mass is 16.5. The second-order valence-electron chi connectivity index (χ2n) is 4.19. The topological polar surface area (TPSA) is 79.8 Å². The van der Waals surface area contributed by atoms with Gasteiger partial charge in [-0.3, -0.25) is 9.59 Å². The molecule has 0 atom stereocenters. The zero-order valence-corrected chi connectivity index (χ0v) is 10.6. The largest absolute Gasteiger partial charge is 0.496 e. The second kappa shape index (κ2) is 5.99. The first kappa shape index (κ1) is 13.1. The molecule has 19 heavy (non-hydrogen) atoms. The number of hydrazone groups is 1. The molecule has 1 aromatic carbocycles. The lowest BCUT2D eigenvalue weighted by atomic mass is 10.2. The molecule has 6 heteroatoms. The summed E-state index contributed by atoms with van der Waals surface area (Å²) < 4.78 is 5.13. The first-order valence-electron chi connectivity index (χ1n) is 5.97. The summed E-state index contributed by atoms with van der Waals surface area (Å²) in [4.78, 5) is 22.7. The van der Waals surface area contributed by atoms with Crippen LogP contribution >= 0.6 is 0 Å². The van der Waals surface area contributed by atoms with Gasteiger partial charge in [0.05, 0.1) is 13.3 Å². The zero-order chi connectivity index (χ0) is 13.7. The number of hydrogen-bond donors (Lipinski definition) is 2. The highest BCUT2D eigenvalue weighted by Crippen LogP contribution is 2.18. The van der Waals surface area contributed by atoms with E-state index in [9.17, 15) is 9.59 Å². The number of benzene rings is 1. The second-order valence-corrected chi connectivity index (χ2v) is 4.19. The van der Waals surface area contributed by atoms with Crippen molar-refractivity contribution >= 4 is 18.0 Å². The summed E-state index contributed by atoms with van der Waals surface area (Å²) >= 11 is 0. The molecule has 1 saturated carbocycles. The van der Waals surface area contributed by atoms with Crippen LogP contribution in [-0.4, -0.2) is 31.2 Å². The lowest BCUT2D eigenvalue weighted by molar-refractivity contribution is -0.139. The molecule has 2 amide bonds. The summed E-state index contributed by atoms with van der Waals surface area (Å²) in [5.74, 6) is -0.777. The van der Waals surface area contributed by atoms with E-state index in [0.717, 1.165) is 12.8 Å². The molecule has 6 nitrogen and oxygen atoms in total. The van der Waals surface area contributed by atoms with Gasteiger partial charge in [-0.05, 0) is 25.0 Å². The van der Waals surface area contributed by atoms with Gasteiger partial charge in [-0.2, -0.15) is 5.10 Å². The van der Waals surface area contributed by atoms with Gasteiger partial charge in [0.15, 0.2) is 0 Å². The number of rotatable bonds is 4. The minimum absolute atomic E-state index is 0.149. The monoisotopic (exact) mass is 261 g/mol. The number of para-hydroxylation sites is 1. The summed E-state index contributed by atoms with van der Waals surface area (Å²) in [6.07, 6.45) is 3.30. The fourth-order valence-corrected chi connectivity index (χ4v) is 1.46. The number of hydrogen-bond acceptors (Lipinski definition) is 4. The lowest BCUT2D eigenvalue weighted by Crippen LogP contribution is -2.38. The van der Waals surface area contributed by atoms with E-state index >= 15 is 0 Å². The lowest BCUT2D eigenvalue weighted by Gasteiger charge is -2.03. The molecule has 1 aliphatic carbocycles. The van der Waals surface area contributed by atoms with E-state index in [1.807, 2.05) is 12.1 Å². The van der Waals surface area contributed by atoms with Gasteiger partial charge in [-0.25, -0.2) is 5.43 Å². The summed E-state index contributed by atoms with van der Waals surface area (Å²) in [6.45, 7) is 0. The van der Waals surface area contributed by atoms with Crippen LogP contribution in [0.5, 0.6) is 5.75 Å². The number of carbonyl (C=O) groups excluding carboxylic acids is 2. The van der Waals surface area contributed by atoms with Gasteiger partial charge < -0.3 is 10.1 Å². The number of carbonyl (C=O) groups is 2. The van der Waals surface area contributed by atoms with Crippen molar-refractivity contribution in [2.24, 2.45) is 5.10 Å². The third-order valence-corrected chi connectivity index (χ3v) is 2.63. The van der Waals surface area contributed by atoms with Crippen LogP contribution in [0, 0.1) is 0 Å². The molecular formula is C13H15N3O3. The minimum Gasteiger partial charge on any atom is -0.496 e. The smallest absolute Gasteiger partial charge is 0.329 e. The summed E-state index contributed by atoms with van der Waals surface area (Å²) in [7, 11) is 1.55. The van der Waals surface area contributed by atoms with E-state index < -0.39 is 11.8 Å². The molecule has 0 heterocycles. The third kappa shape index (κ3) is 3.80. The summed E-state index contributed by atoms with van der Waals surface area (Å²) in [5.41, 5.74) is 2.89. The highest BCUT2D eigenvalue weighted by Gasteiger charge is 2.26. The van der Waals surface area contributed by atoms with E-state index in [-0.39, 0.29) is 6.04 Å². The molecule has 0 bridgehead atoms.